The van der Waals surface area contributed by atoms with Crippen molar-refractivity contribution in [3.05, 3.63) is 0 Å². The number of rotatable bonds is 28. The minimum atomic E-state index is -2.06. The van der Waals surface area contributed by atoms with Crippen LogP contribution in [0.2, 0.25) is 0 Å². The summed E-state index contributed by atoms with van der Waals surface area (Å²) < 4.78 is 0. The molecule has 18 amide bonds. The number of fused-ring (bicyclic) bond motifs is 15. The van der Waals surface area contributed by atoms with Crippen molar-refractivity contribution in [2.24, 2.45) is 46.4 Å². The molecule has 0 spiro atoms. The molecule has 137 heavy (non-hydrogen) atoms. The number of nitrogens with one attached hydrogen (secondary N) is 28. The lowest BCUT2D eigenvalue weighted by atomic mass is 9.97. The third-order valence-electron chi connectivity index (χ3n) is 20.9. The van der Waals surface area contributed by atoms with Crippen molar-refractivity contribution in [3.63, 3.8) is 0 Å². The lowest BCUT2D eigenvalue weighted by molar-refractivity contribution is -0.141. The molecule has 0 aromatic heterocycles. The Hall–Kier alpha value is -11.7. The van der Waals surface area contributed by atoms with Gasteiger partial charge < -0.3 is 161 Å². The van der Waals surface area contributed by atoms with Gasteiger partial charge in [0.1, 0.15) is 96.7 Å². The van der Waals surface area contributed by atoms with Crippen LogP contribution in [0.25, 0.3) is 0 Å². The molecule has 0 aromatic carbocycles. The fraction of sp³-hybridized carbons (Fsp3) is 0.688. The fourth-order valence-electron chi connectivity index (χ4n) is 13.3. The molecule has 0 saturated carbocycles. The van der Waals surface area contributed by atoms with Crippen LogP contribution in [-0.4, -0.2) is 335 Å². The Bertz CT molecular complexity index is 4270. The predicted molar refractivity (Wildman–Crippen MR) is 515 cm³/mol. The van der Waals surface area contributed by atoms with E-state index < -0.39 is 323 Å². The van der Waals surface area contributed by atoms with Crippen molar-refractivity contribution in [1.82, 2.24) is 122 Å². The maximum Gasteiger partial charge on any atom is 0.305 e. The van der Waals surface area contributed by atoms with Crippen LogP contribution in [0.15, 0.2) is 0 Å². The number of hydrogen-bond acceptors (Lipinski definition) is 31. The van der Waals surface area contributed by atoms with Crippen molar-refractivity contribution in [2.75, 3.05) is 80.3 Å². The number of carbonyl (C=O) groups is 19. The molecule has 0 unspecified atom stereocenters. The Kier molecular flexibility index (Phi) is 52.8. The van der Waals surface area contributed by atoms with Crippen LogP contribution in [0.1, 0.15) is 132 Å². The molecule has 768 valence electrons. The zero-order valence-corrected chi connectivity index (χ0v) is 81.8. The zero-order valence-electron chi connectivity index (χ0n) is 76.9. The summed E-state index contributed by atoms with van der Waals surface area (Å²) >= 11 is 0. The van der Waals surface area contributed by atoms with Gasteiger partial charge >= 0.3 is 5.97 Å². The maximum atomic E-state index is 15.6. The standard InChI is InChI=1S/C77H133N33O21S6/c1-8-36(6)55-71(130)107-50-33-137-133-29-46(105-63(122)44(25-53(114)115)95-51(112)26-93-58(117)39(15-10-20-89-74(80)81)100-72(131)56(37(7)111)110-69(50)128)65(124)98-41(17-12-22-91-76(84)85)60(119)102-47-30-134-136-32-49(68(127)109-55)103-61(120)42(18-13-23-92-77(86)87)99-66(125)48-31-135-132-28-45(104-62(121)43(24-34(2)3)101-67(47)126)64(123)97-40(16-11-21-90-75(82)83)59(118)96-38(14-9-19-88-73(78)79)57(116)94-27-52(113)108-54(35(4)5)70(129)106-48/h34-50,54-56,111H,8-33H2,1-7H3,(H,93,117)(H,94,116)(H,95,112)(H,96,118)(H,97,123)(H,98,124)(H,99,125)(H,100,131)(H,101,126)(H,102,119)(H,103,120)(H,104,121)(H,105,122)(H,106,129)(H,107,130)(H,108,113)(H,109,127)(H,110,128)(H,114,115)(H4,78,79,88)(H4,80,81,89)(H4,82,83,90)(H4,84,85,91)(H4,86,87,92)/t36-,37+,38-,39-,40-,41-,42-,43-,44-,45-,46-,47-,48-,49-,50-,54-,55-,56-/m0/s1. The number of nitrogens with two attached hydrogens (primary N) is 5. The summed E-state index contributed by atoms with van der Waals surface area (Å²) in [6.45, 7) is 8.39. The monoisotopic (exact) mass is 2050 g/mol. The number of carboxylic acid groups (broad SMARTS) is 1. The highest BCUT2D eigenvalue weighted by Gasteiger charge is 2.42. The highest BCUT2D eigenvalue weighted by molar-refractivity contribution is 8.77. The second-order valence-electron chi connectivity index (χ2n) is 33.0. The van der Waals surface area contributed by atoms with Crippen LogP contribution >= 0.6 is 64.8 Å². The SMILES string of the molecule is CC[C@H](C)[C@@H]1NC(=O)[C@@H]2CSSC[C@H](NC(=O)[C@H](CCCNC(=N)N)NC(=O)[C@@H]3CSSC[C@H](NC1=O)C(=O)N[C@@H]([C@@H](C)O)C(=O)N[C@@H](CCCNC(=N)N)C(=O)NCC(=O)N[C@@H](CC(=O)O)C(=O)N3)C(=O)N[C@@H](CC(C)C)C(=O)N[C@H]1CSSC[C@H](NC(=O)[C@H](C(C)C)NC(=O)CNC(=O)[C@H](CCCNC(=N)N)NC(=O)[C@H](CCCNC(=N)N)NC1=O)C(=O)N[C@@H](CCCNC(=N)N)C(=O)N2. The average Bonchev–Trinajstić information content (AvgIpc) is 0.840. The maximum absolute atomic E-state index is 15.6. The summed E-state index contributed by atoms with van der Waals surface area (Å²) in [4.78, 5) is 281. The fourth-order valence-corrected chi connectivity index (χ4v) is 20.3. The third kappa shape index (κ3) is 44.6. The van der Waals surface area contributed by atoms with Crippen LogP contribution < -0.4 is 151 Å². The molecule has 60 heteroatoms. The molecule has 6 bridgehead atoms. The molecule has 4 aliphatic rings. The first-order valence-electron chi connectivity index (χ1n) is 44.1. The summed E-state index contributed by atoms with van der Waals surface area (Å²) in [5.41, 5.74) is 27.9. The van der Waals surface area contributed by atoms with E-state index in [1.54, 1.807) is 20.8 Å². The first kappa shape index (κ1) is 118. The molecule has 4 fully saturated rings. The van der Waals surface area contributed by atoms with Gasteiger partial charge in [0.25, 0.3) is 0 Å². The highest BCUT2D eigenvalue weighted by atomic mass is 33.1. The van der Waals surface area contributed by atoms with Crippen LogP contribution in [0, 0.1) is 44.8 Å². The normalized spacial score (nSPS) is 26.4. The van der Waals surface area contributed by atoms with Gasteiger partial charge in [-0.3, -0.25) is 118 Å². The van der Waals surface area contributed by atoms with Gasteiger partial charge in [-0.25, -0.2) is 0 Å². The van der Waals surface area contributed by atoms with E-state index in [9.17, 15) is 53.4 Å². The number of hydrogen-bond donors (Lipinski definition) is 35. The number of aliphatic hydroxyl groups is 1. The summed E-state index contributed by atoms with van der Waals surface area (Å²) in [5.74, 6) is -29.8. The number of amides is 18. The zero-order chi connectivity index (χ0) is 102. The molecule has 4 heterocycles. The van der Waals surface area contributed by atoms with Crippen LogP contribution in [-0.2, 0) is 91.1 Å². The quantitative estimate of drug-likeness (QED) is 0.0150. The molecule has 54 nitrogen and oxygen atoms in total. The summed E-state index contributed by atoms with van der Waals surface area (Å²) in [6, 6.07) is -28.2. The van der Waals surface area contributed by atoms with Gasteiger partial charge in [0.15, 0.2) is 29.8 Å². The van der Waals surface area contributed by atoms with Gasteiger partial charge in [-0.1, -0.05) is 113 Å². The van der Waals surface area contributed by atoms with E-state index in [1.165, 1.54) is 20.8 Å². The molecule has 0 radical (unpaired) electrons. The van der Waals surface area contributed by atoms with E-state index >= 15 is 47.9 Å². The Balaban J connectivity index is 2.18. The van der Waals surface area contributed by atoms with Crippen molar-refractivity contribution < 1.29 is 101 Å². The first-order valence-corrected chi connectivity index (χ1v) is 51.6. The minimum Gasteiger partial charge on any atom is -0.481 e. The van der Waals surface area contributed by atoms with Crippen molar-refractivity contribution >= 4 is 207 Å². The largest absolute Gasteiger partial charge is 0.481 e. The van der Waals surface area contributed by atoms with E-state index in [0.717, 1.165) is 50.1 Å². The molecule has 4 aliphatic heterocycles. The molecule has 40 N–H and O–H groups in total. The van der Waals surface area contributed by atoms with Crippen molar-refractivity contribution in [1.29, 1.82) is 27.0 Å². The van der Waals surface area contributed by atoms with Gasteiger partial charge in [0.05, 0.1) is 25.6 Å². The second kappa shape index (κ2) is 61.5. The molecule has 0 aromatic rings. The van der Waals surface area contributed by atoms with Crippen LogP contribution in [0.3, 0.4) is 0 Å². The molecule has 4 saturated heterocycles. The average molecular weight is 2050 g/mol. The Morgan fingerprint density at radius 3 is 0.876 bits per heavy atom. The Morgan fingerprint density at radius 1 is 0.328 bits per heavy atom. The summed E-state index contributed by atoms with van der Waals surface area (Å²) in [7, 11) is 4.53. The Labute approximate surface area is 814 Å². The van der Waals surface area contributed by atoms with Gasteiger partial charge in [0.2, 0.25) is 106 Å². The lowest BCUT2D eigenvalue weighted by Gasteiger charge is -2.30. The topological polar surface area (TPSA) is 891 Å². The first-order chi connectivity index (χ1) is 64.7. The lowest BCUT2D eigenvalue weighted by Crippen LogP contribution is -2.63. The summed E-state index contributed by atoms with van der Waals surface area (Å²) in [5, 5.41) is 119. The van der Waals surface area contributed by atoms with Crippen molar-refractivity contribution in [3.8, 4) is 0 Å². The van der Waals surface area contributed by atoms with E-state index in [0.29, 0.717) is 21.6 Å². The minimum absolute atomic E-state index is 0.00305. The smallest absolute Gasteiger partial charge is 0.305 e. The molecule has 18 atom stereocenters. The molecular weight excluding hydrogens is 1920 g/mol. The number of aliphatic carboxylic acids is 1. The van der Waals surface area contributed by atoms with Crippen molar-refractivity contribution in [2.45, 2.75) is 235 Å². The van der Waals surface area contributed by atoms with E-state index in [1.807, 2.05) is 0 Å². The van der Waals surface area contributed by atoms with Gasteiger partial charge in [-0.2, -0.15) is 0 Å². The number of carbonyl (C=O) groups excluding carboxylic acids is 18. The molecule has 4 rings (SSSR count). The summed E-state index contributed by atoms with van der Waals surface area (Å²) in [6.07, 6.45) is -4.89. The van der Waals surface area contributed by atoms with Gasteiger partial charge in [0, 0.05) is 67.2 Å². The Morgan fingerprint density at radius 2 is 0.577 bits per heavy atom. The number of aliphatic hydroxyl groups excluding tert-OH is 1. The van der Waals surface area contributed by atoms with E-state index in [-0.39, 0.29) is 103 Å². The van der Waals surface area contributed by atoms with Gasteiger partial charge in [-0.05, 0) is 95.3 Å². The number of carboxylic acids is 1. The highest BCUT2D eigenvalue weighted by Crippen LogP contribution is 2.28. The predicted octanol–water partition coefficient (Wildman–Crippen LogP) is -10.9. The van der Waals surface area contributed by atoms with Crippen LogP contribution in [0.5, 0.6) is 0 Å². The van der Waals surface area contributed by atoms with Gasteiger partial charge in [-0.15, -0.1) is 0 Å². The van der Waals surface area contributed by atoms with E-state index in [2.05, 4.69) is 122 Å². The second-order valence-corrected chi connectivity index (χ2v) is 40.7. The molecular formula is C77H133N33O21S6. The number of guanidine groups is 5. The van der Waals surface area contributed by atoms with E-state index in [4.69, 9.17) is 55.7 Å². The molecule has 0 aliphatic carbocycles. The van der Waals surface area contributed by atoms with Crippen LogP contribution in [0.4, 0.5) is 0 Å². The third-order valence-corrected chi connectivity index (χ3v) is 28.2.